The third-order valence-corrected chi connectivity index (χ3v) is 4.70. The second-order valence-electron chi connectivity index (χ2n) is 6.64. The van der Waals surface area contributed by atoms with Crippen LogP contribution < -0.4 is 0 Å². The maximum Gasteiger partial charge on any atom is 0.336 e. The van der Waals surface area contributed by atoms with Gasteiger partial charge in [-0.2, -0.15) is 0 Å². The summed E-state index contributed by atoms with van der Waals surface area (Å²) in [5, 5.41) is 9.29. The first-order chi connectivity index (χ1) is 11.9. The SMILES string of the molecule is C=C1C(=O)O[C@H]2/C=C(\C)CC/C=C(\C)C[C@@H](OC(=O)/C(=C/C)CO)[C@@H]12. The van der Waals surface area contributed by atoms with E-state index in [0.29, 0.717) is 12.0 Å². The number of fused-ring (bicyclic) bond motifs is 1. The highest BCUT2D eigenvalue weighted by Crippen LogP contribution is 2.36. The Bertz CT molecular complexity index is 653. The van der Waals surface area contributed by atoms with Crippen LogP contribution in [-0.4, -0.2) is 35.9 Å². The Morgan fingerprint density at radius 2 is 2.16 bits per heavy atom. The van der Waals surface area contributed by atoms with Crippen LogP contribution in [0.3, 0.4) is 0 Å². The van der Waals surface area contributed by atoms with Gasteiger partial charge in [-0.25, -0.2) is 9.59 Å². The molecule has 0 spiro atoms. The number of hydrogen-bond donors (Lipinski definition) is 1. The second kappa shape index (κ2) is 8.30. The quantitative estimate of drug-likeness (QED) is 0.483. The summed E-state index contributed by atoms with van der Waals surface area (Å²) < 4.78 is 11.1. The summed E-state index contributed by atoms with van der Waals surface area (Å²) in [7, 11) is 0. The highest BCUT2D eigenvalue weighted by molar-refractivity contribution is 5.92. The predicted octanol–water partition coefficient (Wildman–Crippen LogP) is 3.01. The van der Waals surface area contributed by atoms with Crippen LogP contribution in [0, 0.1) is 5.92 Å². The number of allylic oxidation sites excluding steroid dienone is 3. The van der Waals surface area contributed by atoms with Crippen LogP contribution in [0.25, 0.3) is 0 Å². The van der Waals surface area contributed by atoms with Crippen LogP contribution in [0.5, 0.6) is 0 Å². The third-order valence-electron chi connectivity index (χ3n) is 4.70. The third kappa shape index (κ3) is 4.48. The van der Waals surface area contributed by atoms with Gasteiger partial charge in [-0.3, -0.25) is 0 Å². The van der Waals surface area contributed by atoms with Gasteiger partial charge in [0, 0.05) is 12.0 Å². The molecule has 1 saturated heterocycles. The van der Waals surface area contributed by atoms with Crippen LogP contribution in [0.1, 0.15) is 40.0 Å². The van der Waals surface area contributed by atoms with Crippen molar-refractivity contribution in [2.45, 2.75) is 52.2 Å². The van der Waals surface area contributed by atoms with Gasteiger partial charge in [0.2, 0.25) is 0 Å². The molecule has 1 N–H and O–H groups in total. The van der Waals surface area contributed by atoms with Crippen molar-refractivity contribution < 1.29 is 24.2 Å². The summed E-state index contributed by atoms with van der Waals surface area (Å²) in [5.74, 6) is -1.45. The van der Waals surface area contributed by atoms with Gasteiger partial charge in [-0.1, -0.05) is 29.9 Å². The number of esters is 2. The van der Waals surface area contributed by atoms with E-state index < -0.39 is 30.1 Å². The van der Waals surface area contributed by atoms with Gasteiger partial charge >= 0.3 is 11.9 Å². The fraction of sp³-hybridized carbons (Fsp3) is 0.500. The molecule has 1 fully saturated rings. The van der Waals surface area contributed by atoms with E-state index in [1.165, 1.54) is 6.08 Å². The molecular formula is C20H26O5. The molecule has 0 saturated carbocycles. The zero-order chi connectivity index (χ0) is 18.6. The Hall–Kier alpha value is -2.14. The summed E-state index contributed by atoms with van der Waals surface area (Å²) in [4.78, 5) is 24.4. The van der Waals surface area contributed by atoms with Crippen molar-refractivity contribution in [1.29, 1.82) is 0 Å². The molecule has 1 heterocycles. The molecule has 5 heteroatoms. The largest absolute Gasteiger partial charge is 0.458 e. The van der Waals surface area contributed by atoms with E-state index in [0.717, 1.165) is 24.0 Å². The van der Waals surface area contributed by atoms with Crippen molar-refractivity contribution >= 4 is 11.9 Å². The summed E-state index contributed by atoms with van der Waals surface area (Å²) in [5.41, 5.74) is 2.73. The first kappa shape index (κ1) is 19.2. The van der Waals surface area contributed by atoms with Crippen molar-refractivity contribution in [2.75, 3.05) is 6.61 Å². The van der Waals surface area contributed by atoms with Gasteiger partial charge in [0.15, 0.2) is 0 Å². The number of rotatable bonds is 3. The topological polar surface area (TPSA) is 72.8 Å². The molecule has 1 aliphatic carbocycles. The Labute approximate surface area is 148 Å². The average molecular weight is 346 g/mol. The summed E-state index contributed by atoms with van der Waals surface area (Å²) in [6.45, 7) is 9.13. The fourth-order valence-electron chi connectivity index (χ4n) is 3.22. The van der Waals surface area contributed by atoms with Crippen LogP contribution in [-0.2, 0) is 19.1 Å². The van der Waals surface area contributed by atoms with E-state index in [1.54, 1.807) is 6.92 Å². The minimum atomic E-state index is -0.577. The first-order valence-electron chi connectivity index (χ1n) is 8.57. The van der Waals surface area contributed by atoms with Gasteiger partial charge in [-0.15, -0.1) is 0 Å². The van der Waals surface area contributed by atoms with E-state index in [4.69, 9.17) is 9.47 Å². The molecule has 0 aromatic heterocycles. The molecule has 0 radical (unpaired) electrons. The van der Waals surface area contributed by atoms with Crippen LogP contribution in [0.4, 0.5) is 0 Å². The fourth-order valence-corrected chi connectivity index (χ4v) is 3.22. The highest BCUT2D eigenvalue weighted by atomic mass is 16.6. The van der Waals surface area contributed by atoms with E-state index in [-0.39, 0.29) is 12.2 Å². The molecule has 25 heavy (non-hydrogen) atoms. The lowest BCUT2D eigenvalue weighted by atomic mass is 9.85. The van der Waals surface area contributed by atoms with Crippen LogP contribution >= 0.6 is 0 Å². The molecule has 1 aliphatic heterocycles. The van der Waals surface area contributed by atoms with Crippen LogP contribution in [0.15, 0.2) is 47.1 Å². The predicted molar refractivity (Wildman–Crippen MR) is 94.6 cm³/mol. The minimum absolute atomic E-state index is 0.192. The van der Waals surface area contributed by atoms with Crippen molar-refractivity contribution in [1.82, 2.24) is 0 Å². The molecular weight excluding hydrogens is 320 g/mol. The van der Waals surface area contributed by atoms with Gasteiger partial charge in [0.05, 0.1) is 18.1 Å². The van der Waals surface area contributed by atoms with Crippen molar-refractivity contribution in [3.63, 3.8) is 0 Å². The van der Waals surface area contributed by atoms with Crippen LogP contribution in [0.2, 0.25) is 0 Å². The molecule has 0 aromatic carbocycles. The smallest absolute Gasteiger partial charge is 0.336 e. The Morgan fingerprint density at radius 3 is 2.80 bits per heavy atom. The molecule has 0 amide bonds. The van der Waals surface area contributed by atoms with Gasteiger partial charge < -0.3 is 14.6 Å². The van der Waals surface area contributed by atoms with E-state index in [2.05, 4.69) is 12.7 Å². The second-order valence-corrected chi connectivity index (χ2v) is 6.64. The number of carbonyl (C=O) groups is 2. The Morgan fingerprint density at radius 1 is 1.44 bits per heavy atom. The molecule has 136 valence electrons. The van der Waals surface area contributed by atoms with Crippen molar-refractivity contribution in [3.05, 3.63) is 47.1 Å². The maximum atomic E-state index is 12.3. The van der Waals surface area contributed by atoms with Gasteiger partial charge in [-0.05, 0) is 39.7 Å². The monoisotopic (exact) mass is 346 g/mol. The summed E-state index contributed by atoms with van der Waals surface area (Å²) in [6.07, 6.45) is 6.80. The molecule has 3 atom stereocenters. The number of ether oxygens (including phenoxy) is 2. The number of carbonyl (C=O) groups excluding carboxylic acids is 2. The first-order valence-corrected chi connectivity index (χ1v) is 8.57. The summed E-state index contributed by atoms with van der Waals surface area (Å²) >= 11 is 0. The summed E-state index contributed by atoms with van der Waals surface area (Å²) in [6, 6.07) is 0. The van der Waals surface area contributed by atoms with E-state index >= 15 is 0 Å². The standard InChI is InChI=1S/C20H26O5/c1-5-15(11-21)20(23)25-17-10-13(3)8-6-7-12(2)9-16-18(17)14(4)19(22)24-16/h5,8-9,16-18,21H,4,6-7,10-11H2,1-3H3/b12-9+,13-8+,15-5+/t16-,17+,18-/m0/s1. The zero-order valence-electron chi connectivity index (χ0n) is 15.1. The minimum Gasteiger partial charge on any atom is -0.458 e. The molecule has 5 nitrogen and oxygen atoms in total. The van der Waals surface area contributed by atoms with Crippen molar-refractivity contribution in [3.8, 4) is 0 Å². The molecule has 0 aromatic rings. The molecule has 2 rings (SSSR count). The normalized spacial score (nSPS) is 32.0. The van der Waals surface area contributed by atoms with Crippen molar-refractivity contribution in [2.24, 2.45) is 5.92 Å². The lowest BCUT2D eigenvalue weighted by molar-refractivity contribution is -0.147. The lowest BCUT2D eigenvalue weighted by Crippen LogP contribution is -2.34. The molecule has 0 bridgehead atoms. The molecule has 2 aliphatic rings. The number of aliphatic hydroxyl groups is 1. The zero-order valence-corrected chi connectivity index (χ0v) is 15.1. The Kier molecular flexibility index (Phi) is 6.37. The van der Waals surface area contributed by atoms with E-state index in [9.17, 15) is 14.7 Å². The Balaban J connectivity index is 2.37. The maximum absolute atomic E-state index is 12.3. The molecule has 0 unspecified atom stereocenters. The lowest BCUT2D eigenvalue weighted by Gasteiger charge is -2.27. The highest BCUT2D eigenvalue weighted by Gasteiger charge is 2.44. The van der Waals surface area contributed by atoms with Gasteiger partial charge in [0.1, 0.15) is 12.2 Å². The van der Waals surface area contributed by atoms with Gasteiger partial charge in [0.25, 0.3) is 0 Å². The average Bonchev–Trinajstić information content (AvgIpc) is 2.81. The number of aliphatic hydroxyl groups excluding tert-OH is 1. The number of hydrogen-bond acceptors (Lipinski definition) is 5. The van der Waals surface area contributed by atoms with E-state index in [1.807, 2.05) is 19.9 Å².